The van der Waals surface area contributed by atoms with Crippen molar-refractivity contribution in [3.05, 3.63) is 22.4 Å². The fraction of sp³-hybridized carbons (Fsp3) is 0.714. The molecule has 2 fully saturated rings. The van der Waals surface area contributed by atoms with E-state index in [9.17, 15) is 0 Å². The van der Waals surface area contributed by atoms with Crippen LogP contribution in [0.2, 0.25) is 0 Å². The first kappa shape index (κ1) is 10.8. The van der Waals surface area contributed by atoms with Crippen molar-refractivity contribution >= 4 is 11.3 Å². The minimum atomic E-state index is 0.0263. The van der Waals surface area contributed by atoms with E-state index in [-0.39, 0.29) is 5.54 Å². The Bertz CT molecular complexity index is 339. The van der Waals surface area contributed by atoms with Crippen molar-refractivity contribution in [3.63, 3.8) is 0 Å². The standard InChI is InChI=1S/C14H21NS/c15-14(12-6-5-9-16-12)10-13(11-14)7-3-1-2-4-8-13/h5-6,9H,1-4,7-8,10-11,15H2. The zero-order valence-electron chi connectivity index (χ0n) is 9.87. The summed E-state index contributed by atoms with van der Waals surface area (Å²) in [6, 6.07) is 4.35. The monoisotopic (exact) mass is 235 g/mol. The second kappa shape index (κ2) is 3.85. The normalized spacial score (nSPS) is 27.3. The molecule has 1 nitrogen and oxygen atoms in total. The van der Waals surface area contributed by atoms with Gasteiger partial charge in [0, 0.05) is 4.88 Å². The summed E-state index contributed by atoms with van der Waals surface area (Å²) in [5.74, 6) is 0. The molecule has 0 aromatic carbocycles. The Morgan fingerprint density at radius 1 is 1.06 bits per heavy atom. The lowest BCUT2D eigenvalue weighted by atomic mass is 9.54. The van der Waals surface area contributed by atoms with Crippen LogP contribution in [0.5, 0.6) is 0 Å². The molecule has 1 aromatic rings. The number of rotatable bonds is 1. The third-order valence-corrected chi connectivity index (χ3v) is 5.65. The fourth-order valence-corrected chi connectivity index (χ4v) is 4.69. The Kier molecular flexibility index (Phi) is 2.60. The second-order valence-electron chi connectivity index (χ2n) is 5.90. The smallest absolute Gasteiger partial charge is 0.0514 e. The zero-order valence-corrected chi connectivity index (χ0v) is 10.7. The van der Waals surface area contributed by atoms with E-state index in [0.29, 0.717) is 5.41 Å². The maximum absolute atomic E-state index is 6.54. The predicted octanol–water partition coefficient (Wildman–Crippen LogP) is 4.04. The average Bonchev–Trinajstić information content (AvgIpc) is 2.66. The van der Waals surface area contributed by atoms with Gasteiger partial charge in [0.05, 0.1) is 5.54 Å². The molecule has 2 saturated carbocycles. The molecule has 2 aliphatic carbocycles. The zero-order chi connectivity index (χ0) is 11.1. The van der Waals surface area contributed by atoms with Crippen molar-refractivity contribution in [3.8, 4) is 0 Å². The molecule has 0 bridgehead atoms. The molecule has 2 aliphatic rings. The van der Waals surface area contributed by atoms with Gasteiger partial charge in [-0.3, -0.25) is 0 Å². The van der Waals surface area contributed by atoms with E-state index in [1.165, 1.54) is 56.2 Å². The number of nitrogens with two attached hydrogens (primary N) is 1. The average molecular weight is 235 g/mol. The molecular formula is C14H21NS. The van der Waals surface area contributed by atoms with Crippen LogP contribution in [0.1, 0.15) is 56.2 Å². The third-order valence-electron chi connectivity index (χ3n) is 4.56. The summed E-state index contributed by atoms with van der Waals surface area (Å²) in [5, 5.41) is 2.15. The molecule has 3 rings (SSSR count). The first-order chi connectivity index (χ1) is 7.73. The first-order valence-corrected chi connectivity index (χ1v) is 7.43. The fourth-order valence-electron chi connectivity index (χ4n) is 3.85. The summed E-state index contributed by atoms with van der Waals surface area (Å²) in [5.41, 5.74) is 7.18. The molecule has 0 saturated heterocycles. The van der Waals surface area contributed by atoms with E-state index in [2.05, 4.69) is 17.5 Å². The molecule has 1 heterocycles. The molecule has 0 aliphatic heterocycles. The molecule has 1 aromatic heterocycles. The van der Waals surface area contributed by atoms with E-state index < -0.39 is 0 Å². The summed E-state index contributed by atoms with van der Waals surface area (Å²) < 4.78 is 0. The molecule has 0 atom stereocenters. The SMILES string of the molecule is NC1(c2cccs2)CC2(CCCCCC2)C1. The summed E-state index contributed by atoms with van der Waals surface area (Å²) in [6.07, 6.45) is 11.1. The quantitative estimate of drug-likeness (QED) is 0.781. The molecule has 2 heteroatoms. The summed E-state index contributed by atoms with van der Waals surface area (Å²) in [7, 11) is 0. The summed E-state index contributed by atoms with van der Waals surface area (Å²) >= 11 is 1.83. The highest BCUT2D eigenvalue weighted by atomic mass is 32.1. The molecular weight excluding hydrogens is 214 g/mol. The van der Waals surface area contributed by atoms with Crippen molar-refractivity contribution in [1.82, 2.24) is 0 Å². The minimum Gasteiger partial charge on any atom is -0.321 e. The van der Waals surface area contributed by atoms with Gasteiger partial charge in [0.15, 0.2) is 0 Å². The topological polar surface area (TPSA) is 26.0 Å². The van der Waals surface area contributed by atoms with Crippen LogP contribution in [0, 0.1) is 5.41 Å². The maximum Gasteiger partial charge on any atom is 0.0514 e. The van der Waals surface area contributed by atoms with Crippen molar-refractivity contribution in [2.24, 2.45) is 11.1 Å². The van der Waals surface area contributed by atoms with Crippen LogP contribution in [-0.2, 0) is 5.54 Å². The highest BCUT2D eigenvalue weighted by molar-refractivity contribution is 7.10. The molecule has 2 N–H and O–H groups in total. The molecule has 1 spiro atoms. The predicted molar refractivity (Wildman–Crippen MR) is 69.6 cm³/mol. The molecule has 0 amide bonds. The van der Waals surface area contributed by atoms with Gasteiger partial charge in [-0.25, -0.2) is 0 Å². The number of hydrogen-bond acceptors (Lipinski definition) is 2. The van der Waals surface area contributed by atoms with Crippen LogP contribution in [0.25, 0.3) is 0 Å². The van der Waals surface area contributed by atoms with E-state index in [0.717, 1.165) is 0 Å². The lowest BCUT2D eigenvalue weighted by molar-refractivity contribution is 0.0118. The van der Waals surface area contributed by atoms with Crippen LogP contribution in [-0.4, -0.2) is 0 Å². The van der Waals surface area contributed by atoms with Crippen molar-refractivity contribution in [1.29, 1.82) is 0 Å². The Morgan fingerprint density at radius 2 is 1.75 bits per heavy atom. The Hall–Kier alpha value is -0.340. The second-order valence-corrected chi connectivity index (χ2v) is 6.85. The summed E-state index contributed by atoms with van der Waals surface area (Å²) in [4.78, 5) is 1.40. The Balaban J connectivity index is 1.72. The summed E-state index contributed by atoms with van der Waals surface area (Å²) in [6.45, 7) is 0. The minimum absolute atomic E-state index is 0.0263. The lowest BCUT2D eigenvalue weighted by Crippen LogP contribution is -2.55. The van der Waals surface area contributed by atoms with Gasteiger partial charge in [0.2, 0.25) is 0 Å². The lowest BCUT2D eigenvalue weighted by Gasteiger charge is -2.54. The third kappa shape index (κ3) is 1.72. The van der Waals surface area contributed by atoms with Crippen molar-refractivity contribution in [2.45, 2.75) is 56.9 Å². The van der Waals surface area contributed by atoms with Gasteiger partial charge in [0.1, 0.15) is 0 Å². The van der Waals surface area contributed by atoms with Crippen LogP contribution in [0.4, 0.5) is 0 Å². The number of thiophene rings is 1. The Labute approximate surface area is 102 Å². The number of hydrogen-bond donors (Lipinski definition) is 1. The molecule has 16 heavy (non-hydrogen) atoms. The van der Waals surface area contributed by atoms with Gasteiger partial charge < -0.3 is 5.73 Å². The van der Waals surface area contributed by atoms with Gasteiger partial charge in [0.25, 0.3) is 0 Å². The van der Waals surface area contributed by atoms with Crippen molar-refractivity contribution < 1.29 is 0 Å². The molecule has 0 radical (unpaired) electrons. The van der Waals surface area contributed by atoms with Crippen LogP contribution in [0.15, 0.2) is 17.5 Å². The van der Waals surface area contributed by atoms with E-state index in [1.807, 2.05) is 11.3 Å². The van der Waals surface area contributed by atoms with Gasteiger partial charge in [-0.05, 0) is 42.5 Å². The Morgan fingerprint density at radius 3 is 2.31 bits per heavy atom. The maximum atomic E-state index is 6.54. The van der Waals surface area contributed by atoms with Crippen LogP contribution in [0.3, 0.4) is 0 Å². The van der Waals surface area contributed by atoms with Crippen LogP contribution >= 0.6 is 11.3 Å². The van der Waals surface area contributed by atoms with Gasteiger partial charge in [-0.15, -0.1) is 11.3 Å². The molecule has 0 unspecified atom stereocenters. The van der Waals surface area contributed by atoms with E-state index >= 15 is 0 Å². The van der Waals surface area contributed by atoms with Crippen LogP contribution < -0.4 is 5.73 Å². The van der Waals surface area contributed by atoms with Crippen molar-refractivity contribution in [2.75, 3.05) is 0 Å². The van der Waals surface area contributed by atoms with Gasteiger partial charge in [-0.2, -0.15) is 0 Å². The van der Waals surface area contributed by atoms with E-state index in [4.69, 9.17) is 5.73 Å². The first-order valence-electron chi connectivity index (χ1n) is 6.56. The molecule has 88 valence electrons. The van der Waals surface area contributed by atoms with Gasteiger partial charge >= 0.3 is 0 Å². The highest BCUT2D eigenvalue weighted by Gasteiger charge is 2.52. The largest absolute Gasteiger partial charge is 0.321 e. The van der Waals surface area contributed by atoms with E-state index in [1.54, 1.807) is 0 Å². The van der Waals surface area contributed by atoms with Gasteiger partial charge in [-0.1, -0.05) is 31.7 Å². The highest BCUT2D eigenvalue weighted by Crippen LogP contribution is 2.59.